The molecule has 1 aromatic rings. The molecule has 1 unspecified atom stereocenters. The molecule has 0 spiro atoms. The number of aryl methyl sites for hydroxylation is 1. The predicted molar refractivity (Wildman–Crippen MR) is 86.3 cm³/mol. The van der Waals surface area contributed by atoms with E-state index in [-0.39, 0.29) is 30.9 Å². The van der Waals surface area contributed by atoms with Crippen LogP contribution in [0.2, 0.25) is 0 Å². The van der Waals surface area contributed by atoms with Crippen LogP contribution in [0.25, 0.3) is 0 Å². The van der Waals surface area contributed by atoms with E-state index in [9.17, 15) is 9.59 Å². The molecule has 1 saturated heterocycles. The highest BCUT2D eigenvalue weighted by atomic mass is 16.2. The Kier molecular flexibility index (Phi) is 5.55. The maximum atomic E-state index is 12.5. The summed E-state index contributed by atoms with van der Waals surface area (Å²) in [6, 6.07) is 6.35. The molecule has 2 amide bonds. The molecular formula is C17H25N3O2. The Labute approximate surface area is 131 Å². The SMILES string of the molecule is Cc1cccc(C2CCCCN2C(=O)CNC(=O)CN)c1C. The number of nitrogens with two attached hydrogens (primary N) is 1. The van der Waals surface area contributed by atoms with Gasteiger partial charge in [0.2, 0.25) is 11.8 Å². The number of carbonyl (C=O) groups is 2. The Balaban J connectivity index is 2.16. The van der Waals surface area contributed by atoms with Crippen LogP contribution in [-0.2, 0) is 9.59 Å². The van der Waals surface area contributed by atoms with Crippen molar-refractivity contribution in [2.45, 2.75) is 39.2 Å². The average molecular weight is 303 g/mol. The fourth-order valence-electron chi connectivity index (χ4n) is 3.04. The van der Waals surface area contributed by atoms with Gasteiger partial charge in [-0.25, -0.2) is 0 Å². The van der Waals surface area contributed by atoms with E-state index in [4.69, 9.17) is 5.73 Å². The molecule has 0 aromatic heterocycles. The number of likely N-dealkylation sites (tertiary alicyclic amines) is 1. The lowest BCUT2D eigenvalue weighted by Crippen LogP contribution is -2.45. The average Bonchev–Trinajstić information content (AvgIpc) is 2.55. The summed E-state index contributed by atoms with van der Waals surface area (Å²) < 4.78 is 0. The zero-order valence-corrected chi connectivity index (χ0v) is 13.4. The Morgan fingerprint density at radius 1 is 1.32 bits per heavy atom. The lowest BCUT2D eigenvalue weighted by atomic mass is 9.90. The zero-order chi connectivity index (χ0) is 16.1. The maximum Gasteiger partial charge on any atom is 0.242 e. The molecule has 0 aliphatic carbocycles. The van der Waals surface area contributed by atoms with E-state index in [2.05, 4.69) is 31.3 Å². The minimum absolute atomic E-state index is 0.0252. The highest BCUT2D eigenvalue weighted by Crippen LogP contribution is 2.33. The number of carbonyl (C=O) groups excluding carboxylic acids is 2. The first-order chi connectivity index (χ1) is 10.5. The van der Waals surface area contributed by atoms with Crippen molar-refractivity contribution in [2.24, 2.45) is 5.73 Å². The second-order valence-electron chi connectivity index (χ2n) is 5.87. The predicted octanol–water partition coefficient (Wildman–Crippen LogP) is 1.43. The van der Waals surface area contributed by atoms with Gasteiger partial charge in [0.05, 0.1) is 19.1 Å². The molecule has 22 heavy (non-hydrogen) atoms. The van der Waals surface area contributed by atoms with Crippen molar-refractivity contribution in [1.82, 2.24) is 10.2 Å². The van der Waals surface area contributed by atoms with E-state index < -0.39 is 0 Å². The molecule has 0 bridgehead atoms. The Bertz CT molecular complexity index is 557. The fraction of sp³-hybridized carbons (Fsp3) is 0.529. The van der Waals surface area contributed by atoms with Crippen LogP contribution in [0.3, 0.4) is 0 Å². The van der Waals surface area contributed by atoms with Gasteiger partial charge in [0.25, 0.3) is 0 Å². The summed E-state index contributed by atoms with van der Waals surface area (Å²) in [6.45, 7) is 4.88. The first-order valence-corrected chi connectivity index (χ1v) is 7.87. The number of nitrogens with zero attached hydrogens (tertiary/aromatic N) is 1. The third kappa shape index (κ3) is 3.65. The van der Waals surface area contributed by atoms with Crippen LogP contribution in [0.4, 0.5) is 0 Å². The van der Waals surface area contributed by atoms with Gasteiger partial charge < -0.3 is 16.0 Å². The summed E-state index contributed by atoms with van der Waals surface area (Å²) >= 11 is 0. The van der Waals surface area contributed by atoms with Crippen LogP contribution < -0.4 is 11.1 Å². The molecule has 5 nitrogen and oxygen atoms in total. The molecule has 1 atom stereocenters. The molecule has 1 aliphatic heterocycles. The van der Waals surface area contributed by atoms with Gasteiger partial charge in [0, 0.05) is 6.54 Å². The summed E-state index contributed by atoms with van der Waals surface area (Å²) in [5.74, 6) is -0.332. The largest absolute Gasteiger partial charge is 0.346 e. The van der Waals surface area contributed by atoms with Gasteiger partial charge in [-0.2, -0.15) is 0 Å². The van der Waals surface area contributed by atoms with E-state index in [1.807, 2.05) is 11.0 Å². The molecule has 2 rings (SSSR count). The van der Waals surface area contributed by atoms with Gasteiger partial charge in [-0.1, -0.05) is 18.2 Å². The van der Waals surface area contributed by atoms with Gasteiger partial charge >= 0.3 is 0 Å². The topological polar surface area (TPSA) is 75.4 Å². The quantitative estimate of drug-likeness (QED) is 0.883. The molecule has 0 radical (unpaired) electrons. The van der Waals surface area contributed by atoms with Crippen molar-refractivity contribution >= 4 is 11.8 Å². The second-order valence-corrected chi connectivity index (χ2v) is 5.87. The second kappa shape index (κ2) is 7.40. The van der Waals surface area contributed by atoms with Crippen LogP contribution in [0, 0.1) is 13.8 Å². The monoisotopic (exact) mass is 303 g/mol. The number of nitrogens with one attached hydrogen (secondary N) is 1. The maximum absolute atomic E-state index is 12.5. The molecule has 5 heteroatoms. The standard InChI is InChI=1S/C17H25N3O2/c1-12-6-5-7-14(13(12)2)15-8-3-4-9-20(15)17(22)11-19-16(21)10-18/h5-7,15H,3-4,8-11,18H2,1-2H3,(H,19,21). The summed E-state index contributed by atoms with van der Waals surface area (Å²) in [5, 5.41) is 2.57. The number of benzene rings is 1. The normalized spacial score (nSPS) is 18.1. The third-order valence-corrected chi connectivity index (χ3v) is 4.45. The van der Waals surface area contributed by atoms with Crippen molar-refractivity contribution < 1.29 is 9.59 Å². The van der Waals surface area contributed by atoms with E-state index in [0.29, 0.717) is 0 Å². The van der Waals surface area contributed by atoms with E-state index in [0.717, 1.165) is 25.8 Å². The minimum Gasteiger partial charge on any atom is -0.346 e. The van der Waals surface area contributed by atoms with E-state index >= 15 is 0 Å². The Morgan fingerprint density at radius 3 is 2.82 bits per heavy atom. The number of rotatable bonds is 4. The lowest BCUT2D eigenvalue weighted by molar-refractivity contribution is -0.136. The van der Waals surface area contributed by atoms with Crippen LogP contribution >= 0.6 is 0 Å². The molecular weight excluding hydrogens is 278 g/mol. The van der Waals surface area contributed by atoms with Crippen molar-refractivity contribution in [3.05, 3.63) is 34.9 Å². The van der Waals surface area contributed by atoms with E-state index in [1.54, 1.807) is 0 Å². The van der Waals surface area contributed by atoms with Gasteiger partial charge in [0.1, 0.15) is 0 Å². The Morgan fingerprint density at radius 2 is 2.09 bits per heavy atom. The molecule has 1 heterocycles. The molecule has 1 aliphatic rings. The number of amides is 2. The summed E-state index contributed by atoms with van der Waals surface area (Å²) in [5.41, 5.74) is 8.97. The summed E-state index contributed by atoms with van der Waals surface area (Å²) in [4.78, 5) is 25.6. The third-order valence-electron chi connectivity index (χ3n) is 4.45. The summed E-state index contributed by atoms with van der Waals surface area (Å²) in [7, 11) is 0. The van der Waals surface area contributed by atoms with Gasteiger partial charge in [-0.15, -0.1) is 0 Å². The van der Waals surface area contributed by atoms with Gasteiger partial charge in [0.15, 0.2) is 0 Å². The van der Waals surface area contributed by atoms with E-state index in [1.165, 1.54) is 16.7 Å². The van der Waals surface area contributed by atoms with Crippen LogP contribution in [0.5, 0.6) is 0 Å². The zero-order valence-electron chi connectivity index (χ0n) is 13.4. The van der Waals surface area contributed by atoms with Crippen molar-refractivity contribution in [3.8, 4) is 0 Å². The highest BCUT2D eigenvalue weighted by Gasteiger charge is 2.28. The van der Waals surface area contributed by atoms with Crippen molar-refractivity contribution in [1.29, 1.82) is 0 Å². The lowest BCUT2D eigenvalue weighted by Gasteiger charge is -2.37. The number of piperidine rings is 1. The smallest absolute Gasteiger partial charge is 0.242 e. The summed E-state index contributed by atoms with van der Waals surface area (Å²) in [6.07, 6.45) is 3.11. The number of hydrogen-bond acceptors (Lipinski definition) is 3. The fourth-order valence-corrected chi connectivity index (χ4v) is 3.04. The number of hydrogen-bond donors (Lipinski definition) is 2. The Hall–Kier alpha value is -1.88. The van der Waals surface area contributed by atoms with Crippen molar-refractivity contribution in [2.75, 3.05) is 19.6 Å². The first kappa shape index (κ1) is 16.5. The van der Waals surface area contributed by atoms with Gasteiger partial charge in [-0.05, 0) is 49.8 Å². The van der Waals surface area contributed by atoms with Crippen LogP contribution in [0.1, 0.15) is 42.0 Å². The molecule has 3 N–H and O–H groups in total. The highest BCUT2D eigenvalue weighted by molar-refractivity contribution is 5.85. The van der Waals surface area contributed by atoms with Crippen molar-refractivity contribution in [3.63, 3.8) is 0 Å². The molecule has 120 valence electrons. The molecule has 1 aromatic carbocycles. The molecule has 0 saturated carbocycles. The van der Waals surface area contributed by atoms with Crippen LogP contribution in [0.15, 0.2) is 18.2 Å². The van der Waals surface area contributed by atoms with Crippen LogP contribution in [-0.4, -0.2) is 36.3 Å². The minimum atomic E-state index is -0.298. The first-order valence-electron chi connectivity index (χ1n) is 7.87. The molecule has 1 fully saturated rings. The van der Waals surface area contributed by atoms with Gasteiger partial charge in [-0.3, -0.25) is 9.59 Å².